The molecule has 1 aliphatic rings. The zero-order chi connectivity index (χ0) is 20.4. The quantitative estimate of drug-likeness (QED) is 0.649. The van der Waals surface area contributed by atoms with E-state index in [2.05, 4.69) is 21.5 Å². The highest BCUT2D eigenvalue weighted by molar-refractivity contribution is 7.91. The molecule has 1 aromatic carbocycles. The van der Waals surface area contributed by atoms with E-state index in [0.29, 0.717) is 10.7 Å². The van der Waals surface area contributed by atoms with E-state index < -0.39 is 21.5 Å². The largest absolute Gasteiger partial charge is 0.348 e. The van der Waals surface area contributed by atoms with Gasteiger partial charge in [-0.2, -0.15) is 5.10 Å². The molecule has 1 N–H and O–H groups in total. The molecule has 0 radical (unpaired) electrons. The summed E-state index contributed by atoms with van der Waals surface area (Å²) in [6, 6.07) is 7.87. The molecule has 3 aromatic rings. The standard InChI is InChI=1S/C20H22N4O3S2/c1-24-10-15(9-21-24)20-22-16(11-28-20)12-29(26,27)13-19(25)23-18-8-4-6-14-5-2-3-7-17(14)18/h2-3,5,7,9-11,18H,4,6,8,12-13H2,1H3,(H,23,25). The van der Waals surface area contributed by atoms with Crippen LogP contribution in [0.3, 0.4) is 0 Å². The van der Waals surface area contributed by atoms with Gasteiger partial charge in [0.25, 0.3) is 0 Å². The first-order valence-electron chi connectivity index (χ1n) is 9.41. The molecule has 2 heterocycles. The van der Waals surface area contributed by atoms with Gasteiger partial charge in [-0.1, -0.05) is 24.3 Å². The third-order valence-electron chi connectivity index (χ3n) is 4.93. The van der Waals surface area contributed by atoms with Crippen molar-refractivity contribution in [3.63, 3.8) is 0 Å². The molecule has 0 bridgehead atoms. The van der Waals surface area contributed by atoms with Crippen molar-refractivity contribution in [2.24, 2.45) is 7.05 Å². The second-order valence-corrected chi connectivity index (χ2v) is 10.2. The topological polar surface area (TPSA) is 94.0 Å². The van der Waals surface area contributed by atoms with Crippen LogP contribution in [-0.4, -0.2) is 34.8 Å². The number of aromatic nitrogens is 3. The molecular weight excluding hydrogens is 408 g/mol. The molecule has 152 valence electrons. The summed E-state index contributed by atoms with van der Waals surface area (Å²) in [5, 5.41) is 9.44. The number of rotatable bonds is 6. The normalized spacial score (nSPS) is 16.4. The maximum atomic E-state index is 12.5. The van der Waals surface area contributed by atoms with Crippen LogP contribution in [0.25, 0.3) is 10.6 Å². The third kappa shape index (κ3) is 4.73. The van der Waals surface area contributed by atoms with Gasteiger partial charge in [-0.15, -0.1) is 11.3 Å². The minimum Gasteiger partial charge on any atom is -0.348 e. The number of sulfone groups is 1. The van der Waals surface area contributed by atoms with Crippen LogP contribution in [0.5, 0.6) is 0 Å². The van der Waals surface area contributed by atoms with Crippen LogP contribution in [0, 0.1) is 0 Å². The van der Waals surface area contributed by atoms with Gasteiger partial charge in [0.05, 0.1) is 23.7 Å². The van der Waals surface area contributed by atoms with Crippen LogP contribution in [0.1, 0.15) is 35.7 Å². The molecule has 4 rings (SSSR count). The Kier molecular flexibility index (Phi) is 5.51. The van der Waals surface area contributed by atoms with E-state index in [1.165, 1.54) is 16.9 Å². The number of fused-ring (bicyclic) bond motifs is 1. The molecular formula is C20H22N4O3S2. The molecule has 1 amide bonds. The number of carbonyl (C=O) groups excluding carboxylic acids is 1. The highest BCUT2D eigenvalue weighted by Gasteiger charge is 2.25. The summed E-state index contributed by atoms with van der Waals surface area (Å²) in [7, 11) is -1.80. The van der Waals surface area contributed by atoms with Crippen molar-refractivity contribution in [2.45, 2.75) is 31.1 Å². The first-order chi connectivity index (χ1) is 13.9. The number of thiazole rings is 1. The Morgan fingerprint density at radius 1 is 1.34 bits per heavy atom. The highest BCUT2D eigenvalue weighted by Crippen LogP contribution is 2.29. The molecule has 9 heteroatoms. The lowest BCUT2D eigenvalue weighted by molar-refractivity contribution is -0.119. The molecule has 0 aliphatic heterocycles. The van der Waals surface area contributed by atoms with Crippen molar-refractivity contribution in [1.82, 2.24) is 20.1 Å². The Labute approximate surface area is 173 Å². The van der Waals surface area contributed by atoms with E-state index in [0.717, 1.165) is 30.4 Å². The maximum Gasteiger partial charge on any atom is 0.235 e. The highest BCUT2D eigenvalue weighted by atomic mass is 32.2. The van der Waals surface area contributed by atoms with Gasteiger partial charge in [0.15, 0.2) is 9.84 Å². The number of hydrogen-bond donors (Lipinski definition) is 1. The lowest BCUT2D eigenvalue weighted by Gasteiger charge is -2.26. The van der Waals surface area contributed by atoms with Gasteiger partial charge < -0.3 is 5.32 Å². The molecule has 0 saturated heterocycles. The van der Waals surface area contributed by atoms with Crippen molar-refractivity contribution >= 4 is 27.1 Å². The number of nitrogens with one attached hydrogen (secondary N) is 1. The molecule has 1 aliphatic carbocycles. The van der Waals surface area contributed by atoms with Crippen molar-refractivity contribution in [2.75, 3.05) is 5.75 Å². The molecule has 7 nitrogen and oxygen atoms in total. The predicted molar refractivity (Wildman–Crippen MR) is 112 cm³/mol. The smallest absolute Gasteiger partial charge is 0.235 e. The Bertz CT molecular complexity index is 1130. The molecule has 0 saturated carbocycles. The predicted octanol–water partition coefficient (Wildman–Crippen LogP) is 2.65. The van der Waals surface area contributed by atoms with Crippen molar-refractivity contribution in [3.05, 3.63) is 58.9 Å². The van der Waals surface area contributed by atoms with Crippen LogP contribution < -0.4 is 5.32 Å². The Hall–Kier alpha value is -2.52. The van der Waals surface area contributed by atoms with Gasteiger partial charge in [-0.25, -0.2) is 13.4 Å². The van der Waals surface area contributed by atoms with Gasteiger partial charge in [0, 0.05) is 24.2 Å². The van der Waals surface area contributed by atoms with Gasteiger partial charge >= 0.3 is 0 Å². The summed E-state index contributed by atoms with van der Waals surface area (Å²) in [5.74, 6) is -1.25. The van der Waals surface area contributed by atoms with Gasteiger partial charge in [0.1, 0.15) is 10.8 Å². The summed E-state index contributed by atoms with van der Waals surface area (Å²) < 4.78 is 26.7. The van der Waals surface area contributed by atoms with Crippen molar-refractivity contribution < 1.29 is 13.2 Å². The SMILES string of the molecule is Cn1cc(-c2nc(CS(=O)(=O)CC(=O)NC3CCCc4ccccc43)cs2)cn1. The van der Waals surface area contributed by atoms with Crippen LogP contribution in [-0.2, 0) is 33.9 Å². The number of carbonyl (C=O) groups is 1. The zero-order valence-electron chi connectivity index (χ0n) is 16.0. The van der Waals surface area contributed by atoms with Gasteiger partial charge in [0.2, 0.25) is 5.91 Å². The molecule has 1 unspecified atom stereocenters. The second kappa shape index (κ2) is 8.08. The van der Waals surface area contributed by atoms with Crippen molar-refractivity contribution in [3.8, 4) is 10.6 Å². The van der Waals surface area contributed by atoms with Crippen molar-refractivity contribution in [1.29, 1.82) is 0 Å². The first-order valence-corrected chi connectivity index (χ1v) is 12.1. The van der Waals surface area contributed by atoms with Gasteiger partial charge in [-0.05, 0) is 30.4 Å². The summed E-state index contributed by atoms with van der Waals surface area (Å²) >= 11 is 1.37. The third-order valence-corrected chi connectivity index (χ3v) is 7.30. The lowest BCUT2D eigenvalue weighted by Crippen LogP contribution is -2.35. The first kappa shape index (κ1) is 19.8. The summed E-state index contributed by atoms with van der Waals surface area (Å²) in [6.45, 7) is 0. The number of nitrogens with zero attached hydrogens (tertiary/aromatic N) is 3. The van der Waals surface area contributed by atoms with Crippen LogP contribution in [0.4, 0.5) is 0 Å². The Balaban J connectivity index is 1.39. The zero-order valence-corrected chi connectivity index (χ0v) is 17.7. The Morgan fingerprint density at radius 3 is 2.97 bits per heavy atom. The van der Waals surface area contributed by atoms with Crippen LogP contribution in [0.2, 0.25) is 0 Å². The van der Waals surface area contributed by atoms with Gasteiger partial charge in [-0.3, -0.25) is 9.48 Å². The van der Waals surface area contributed by atoms with Crippen LogP contribution in [0.15, 0.2) is 42.0 Å². The van der Waals surface area contributed by atoms with E-state index >= 15 is 0 Å². The average Bonchev–Trinajstić information content (AvgIpc) is 3.30. The number of hydrogen-bond acceptors (Lipinski definition) is 6. The van der Waals surface area contributed by atoms with E-state index in [-0.39, 0.29) is 11.8 Å². The van der Waals surface area contributed by atoms with E-state index in [4.69, 9.17) is 0 Å². The maximum absolute atomic E-state index is 12.5. The lowest BCUT2D eigenvalue weighted by atomic mass is 9.88. The molecule has 29 heavy (non-hydrogen) atoms. The number of benzene rings is 1. The van der Waals surface area contributed by atoms with Crippen LogP contribution >= 0.6 is 11.3 Å². The summed E-state index contributed by atoms with van der Waals surface area (Å²) in [5.41, 5.74) is 3.60. The Morgan fingerprint density at radius 2 is 2.17 bits per heavy atom. The fourth-order valence-electron chi connectivity index (χ4n) is 3.65. The minimum absolute atomic E-state index is 0.126. The molecule has 0 fully saturated rings. The summed E-state index contributed by atoms with van der Waals surface area (Å²) in [6.07, 6.45) is 6.30. The fraction of sp³-hybridized carbons (Fsp3) is 0.350. The minimum atomic E-state index is -3.61. The molecule has 2 aromatic heterocycles. The van der Waals surface area contributed by atoms with E-state index in [9.17, 15) is 13.2 Å². The molecule has 0 spiro atoms. The van der Waals surface area contributed by atoms with E-state index in [1.54, 1.807) is 16.3 Å². The number of amides is 1. The fourth-order valence-corrected chi connectivity index (χ4v) is 5.74. The second-order valence-electron chi connectivity index (χ2n) is 7.29. The molecule has 1 atom stereocenters. The monoisotopic (exact) mass is 430 g/mol. The van der Waals surface area contributed by atoms with E-state index in [1.807, 2.05) is 31.4 Å². The number of aryl methyl sites for hydroxylation is 2. The average molecular weight is 431 g/mol. The summed E-state index contributed by atoms with van der Waals surface area (Å²) in [4.78, 5) is 16.8.